The van der Waals surface area contributed by atoms with Crippen LogP contribution in [0.3, 0.4) is 0 Å². The predicted octanol–water partition coefficient (Wildman–Crippen LogP) is 3.99. The molecule has 3 rings (SSSR count). The van der Waals surface area contributed by atoms with Crippen LogP contribution >= 0.6 is 0 Å². The molecule has 0 aliphatic heterocycles. The first kappa shape index (κ1) is 21.1. The Balaban J connectivity index is 1.84. The average Bonchev–Trinajstić information content (AvgIpc) is 3.15. The second-order valence-corrected chi connectivity index (χ2v) is 6.87. The third-order valence-electron chi connectivity index (χ3n) is 4.74. The molecule has 1 amide bonds. The van der Waals surface area contributed by atoms with Crippen molar-refractivity contribution in [2.24, 2.45) is 0 Å². The van der Waals surface area contributed by atoms with E-state index in [0.29, 0.717) is 11.4 Å². The van der Waals surface area contributed by atoms with Crippen molar-refractivity contribution in [3.8, 4) is 11.4 Å². The van der Waals surface area contributed by atoms with E-state index in [9.17, 15) is 9.59 Å². The van der Waals surface area contributed by atoms with Crippen molar-refractivity contribution in [1.82, 2.24) is 9.78 Å². The van der Waals surface area contributed by atoms with Gasteiger partial charge in [-0.25, -0.2) is 9.48 Å². The number of nitrogens with one attached hydrogen (secondary N) is 1. The zero-order valence-corrected chi connectivity index (χ0v) is 17.6. The van der Waals surface area contributed by atoms with Gasteiger partial charge < -0.3 is 14.8 Å². The molecular formula is C23H25N3O4. The maximum atomic E-state index is 12.7. The summed E-state index contributed by atoms with van der Waals surface area (Å²) in [5.41, 5.74) is 3.91. The Morgan fingerprint density at radius 3 is 2.43 bits per heavy atom. The van der Waals surface area contributed by atoms with E-state index >= 15 is 0 Å². The number of hydrogen-bond acceptors (Lipinski definition) is 5. The van der Waals surface area contributed by atoms with Crippen molar-refractivity contribution in [1.29, 1.82) is 0 Å². The molecule has 0 saturated heterocycles. The highest BCUT2D eigenvalue weighted by Crippen LogP contribution is 2.26. The molecule has 0 radical (unpaired) electrons. The summed E-state index contributed by atoms with van der Waals surface area (Å²) >= 11 is 0. The summed E-state index contributed by atoms with van der Waals surface area (Å²) in [4.78, 5) is 25.0. The summed E-state index contributed by atoms with van der Waals surface area (Å²) in [6.07, 6.45) is 1.39. The standard InChI is InChI=1S/C23H25N3O4/c1-5-29-23(28)19-13-24-26(18-9-7-6-8-10-18)22(19)25-20(27)14-30-21-16(3)12-11-15(2)17(21)4/h6-13H,5,14H2,1-4H3,(H,25,27). The molecule has 7 nitrogen and oxygen atoms in total. The molecule has 156 valence electrons. The van der Waals surface area contributed by atoms with Crippen molar-refractivity contribution < 1.29 is 19.1 Å². The predicted molar refractivity (Wildman–Crippen MR) is 114 cm³/mol. The molecule has 0 fully saturated rings. The van der Waals surface area contributed by atoms with Crippen LogP contribution < -0.4 is 10.1 Å². The molecule has 2 aromatic carbocycles. The molecular weight excluding hydrogens is 382 g/mol. The Kier molecular flexibility index (Phi) is 6.51. The van der Waals surface area contributed by atoms with E-state index in [0.717, 1.165) is 16.7 Å². The van der Waals surface area contributed by atoms with Crippen LogP contribution in [0.1, 0.15) is 34.0 Å². The lowest BCUT2D eigenvalue weighted by Crippen LogP contribution is -2.24. The van der Waals surface area contributed by atoms with Gasteiger partial charge in [0.15, 0.2) is 12.4 Å². The number of anilines is 1. The third-order valence-corrected chi connectivity index (χ3v) is 4.74. The second-order valence-electron chi connectivity index (χ2n) is 6.87. The number of carbonyl (C=O) groups is 2. The highest BCUT2D eigenvalue weighted by Gasteiger charge is 2.22. The first-order chi connectivity index (χ1) is 14.4. The van der Waals surface area contributed by atoms with Crippen molar-refractivity contribution in [3.05, 3.63) is 70.9 Å². The van der Waals surface area contributed by atoms with Crippen LogP contribution in [0.25, 0.3) is 5.69 Å². The fourth-order valence-corrected chi connectivity index (χ4v) is 3.05. The van der Waals surface area contributed by atoms with Crippen LogP contribution in [-0.2, 0) is 9.53 Å². The van der Waals surface area contributed by atoms with Gasteiger partial charge in [0.1, 0.15) is 11.3 Å². The molecule has 0 bridgehead atoms. The van der Waals surface area contributed by atoms with E-state index in [1.165, 1.54) is 10.9 Å². The van der Waals surface area contributed by atoms with Gasteiger partial charge in [0.2, 0.25) is 0 Å². The van der Waals surface area contributed by atoms with Crippen molar-refractivity contribution >= 4 is 17.7 Å². The summed E-state index contributed by atoms with van der Waals surface area (Å²) in [6, 6.07) is 13.2. The quantitative estimate of drug-likeness (QED) is 0.599. The molecule has 0 saturated carbocycles. The highest BCUT2D eigenvalue weighted by atomic mass is 16.5. The summed E-state index contributed by atoms with van der Waals surface area (Å²) in [7, 11) is 0. The number of nitrogens with zero attached hydrogens (tertiary/aromatic N) is 2. The molecule has 30 heavy (non-hydrogen) atoms. The fraction of sp³-hybridized carbons (Fsp3) is 0.261. The number of ether oxygens (including phenoxy) is 2. The minimum Gasteiger partial charge on any atom is -0.483 e. The molecule has 7 heteroatoms. The molecule has 3 aromatic rings. The Morgan fingerprint density at radius 1 is 1.03 bits per heavy atom. The smallest absolute Gasteiger partial charge is 0.343 e. The van der Waals surface area contributed by atoms with Gasteiger partial charge in [-0.05, 0) is 56.5 Å². The molecule has 0 spiro atoms. The summed E-state index contributed by atoms with van der Waals surface area (Å²) in [6.45, 7) is 7.62. The molecule has 0 unspecified atom stereocenters. The first-order valence-corrected chi connectivity index (χ1v) is 9.72. The van der Waals surface area contributed by atoms with Gasteiger partial charge in [0.25, 0.3) is 5.91 Å². The summed E-state index contributed by atoms with van der Waals surface area (Å²) in [5.74, 6) is -0.0296. The topological polar surface area (TPSA) is 82.5 Å². The van der Waals surface area contributed by atoms with Crippen molar-refractivity contribution in [2.75, 3.05) is 18.5 Å². The zero-order chi connectivity index (χ0) is 21.7. The van der Waals surface area contributed by atoms with Crippen LogP contribution in [0.2, 0.25) is 0 Å². The molecule has 1 N–H and O–H groups in total. The summed E-state index contributed by atoms with van der Waals surface area (Å²) in [5, 5.41) is 7.02. The van der Waals surface area contributed by atoms with Gasteiger partial charge in [-0.2, -0.15) is 5.10 Å². The van der Waals surface area contributed by atoms with E-state index in [1.807, 2.05) is 63.2 Å². The minimum atomic E-state index is -0.554. The molecule has 0 aliphatic carbocycles. The lowest BCUT2D eigenvalue weighted by Gasteiger charge is -2.15. The normalized spacial score (nSPS) is 10.5. The van der Waals surface area contributed by atoms with Gasteiger partial charge in [-0.15, -0.1) is 0 Å². The maximum absolute atomic E-state index is 12.7. The second kappa shape index (κ2) is 9.26. The molecule has 0 atom stereocenters. The van der Waals surface area contributed by atoms with Gasteiger partial charge in [-0.3, -0.25) is 4.79 Å². The van der Waals surface area contributed by atoms with E-state index in [-0.39, 0.29) is 24.6 Å². The lowest BCUT2D eigenvalue weighted by atomic mass is 10.1. The molecule has 0 aliphatic rings. The zero-order valence-electron chi connectivity index (χ0n) is 17.6. The monoisotopic (exact) mass is 407 g/mol. The van der Waals surface area contributed by atoms with Gasteiger partial charge in [0, 0.05) is 0 Å². The largest absolute Gasteiger partial charge is 0.483 e. The van der Waals surface area contributed by atoms with Crippen molar-refractivity contribution in [2.45, 2.75) is 27.7 Å². The SMILES string of the molecule is CCOC(=O)c1cnn(-c2ccccc2)c1NC(=O)COc1c(C)ccc(C)c1C. The van der Waals surface area contributed by atoms with E-state index < -0.39 is 11.9 Å². The van der Waals surface area contributed by atoms with Gasteiger partial charge >= 0.3 is 5.97 Å². The Bertz CT molecular complexity index is 1060. The van der Waals surface area contributed by atoms with Crippen LogP contribution in [0.15, 0.2) is 48.7 Å². The number of aromatic nitrogens is 2. The Labute approximate surface area is 175 Å². The third kappa shape index (κ3) is 4.51. The van der Waals surface area contributed by atoms with Crippen LogP contribution in [0, 0.1) is 20.8 Å². The number of esters is 1. The van der Waals surface area contributed by atoms with Crippen molar-refractivity contribution in [3.63, 3.8) is 0 Å². The number of amides is 1. The minimum absolute atomic E-state index is 0.178. The van der Waals surface area contributed by atoms with Gasteiger partial charge in [0.05, 0.1) is 18.5 Å². The number of para-hydroxylation sites is 1. The Hall–Kier alpha value is -3.61. The number of aryl methyl sites for hydroxylation is 2. The van der Waals surface area contributed by atoms with Crippen LogP contribution in [-0.4, -0.2) is 34.9 Å². The first-order valence-electron chi connectivity index (χ1n) is 9.72. The van der Waals surface area contributed by atoms with Crippen LogP contribution in [0.4, 0.5) is 5.82 Å². The molecule has 1 heterocycles. The van der Waals surface area contributed by atoms with E-state index in [1.54, 1.807) is 6.92 Å². The average molecular weight is 407 g/mol. The van der Waals surface area contributed by atoms with E-state index in [2.05, 4.69) is 10.4 Å². The summed E-state index contributed by atoms with van der Waals surface area (Å²) < 4.78 is 12.4. The number of carbonyl (C=O) groups excluding carboxylic acids is 2. The lowest BCUT2D eigenvalue weighted by molar-refractivity contribution is -0.118. The van der Waals surface area contributed by atoms with Gasteiger partial charge in [-0.1, -0.05) is 30.3 Å². The number of rotatable bonds is 7. The highest BCUT2D eigenvalue weighted by molar-refractivity contribution is 6.01. The molecule has 1 aromatic heterocycles. The number of hydrogen-bond donors (Lipinski definition) is 1. The number of benzene rings is 2. The Morgan fingerprint density at radius 2 is 1.73 bits per heavy atom. The van der Waals surface area contributed by atoms with Crippen LogP contribution in [0.5, 0.6) is 5.75 Å². The van der Waals surface area contributed by atoms with E-state index in [4.69, 9.17) is 9.47 Å². The fourth-order valence-electron chi connectivity index (χ4n) is 3.05. The maximum Gasteiger partial charge on any atom is 0.343 e.